The molecule has 4 aromatic rings. The Hall–Kier alpha value is -2.56. The van der Waals surface area contributed by atoms with Crippen LogP contribution in [0.25, 0.3) is 22.3 Å². The fourth-order valence-corrected chi connectivity index (χ4v) is 5.22. The number of carbonyl (C=O) groups is 1. The van der Waals surface area contributed by atoms with Crippen molar-refractivity contribution < 1.29 is 17.9 Å². The van der Waals surface area contributed by atoms with Crippen molar-refractivity contribution in [3.63, 3.8) is 0 Å². The standard InChI is InChI=1S/C19H14BrN3O4S2/c1-2-27-19(24)18-22-16(11-28-18)15-10-23(17-14(15)8-12(20)9-21-17)29(25,26)13-6-4-3-5-7-13/h3-11H,2H2,1H3. The van der Waals surface area contributed by atoms with Crippen LogP contribution in [0.1, 0.15) is 16.7 Å². The predicted molar refractivity (Wildman–Crippen MR) is 114 cm³/mol. The zero-order valence-electron chi connectivity index (χ0n) is 15.1. The minimum absolute atomic E-state index is 0.152. The van der Waals surface area contributed by atoms with Gasteiger partial charge in [0, 0.05) is 33.2 Å². The third kappa shape index (κ3) is 3.59. The van der Waals surface area contributed by atoms with Crippen molar-refractivity contribution in [1.29, 1.82) is 0 Å². The molecule has 0 saturated heterocycles. The zero-order chi connectivity index (χ0) is 20.6. The summed E-state index contributed by atoms with van der Waals surface area (Å²) < 4.78 is 33.2. The smallest absolute Gasteiger partial charge is 0.367 e. The van der Waals surface area contributed by atoms with Gasteiger partial charge in [0.2, 0.25) is 5.01 Å². The lowest BCUT2D eigenvalue weighted by Crippen LogP contribution is -2.12. The minimum Gasteiger partial charge on any atom is -0.461 e. The Morgan fingerprint density at radius 1 is 1.28 bits per heavy atom. The highest BCUT2D eigenvalue weighted by molar-refractivity contribution is 9.10. The van der Waals surface area contributed by atoms with E-state index in [-0.39, 0.29) is 22.2 Å². The van der Waals surface area contributed by atoms with Gasteiger partial charge in [-0.1, -0.05) is 18.2 Å². The van der Waals surface area contributed by atoms with Crippen LogP contribution in [0, 0.1) is 0 Å². The van der Waals surface area contributed by atoms with Gasteiger partial charge in [-0.3, -0.25) is 0 Å². The van der Waals surface area contributed by atoms with Gasteiger partial charge >= 0.3 is 5.97 Å². The Balaban J connectivity index is 1.91. The number of carbonyl (C=O) groups excluding carboxylic acids is 1. The molecule has 0 aliphatic heterocycles. The van der Waals surface area contributed by atoms with Crippen LogP contribution in [0.4, 0.5) is 0 Å². The van der Waals surface area contributed by atoms with E-state index in [2.05, 4.69) is 25.9 Å². The van der Waals surface area contributed by atoms with Crippen molar-refractivity contribution in [3.05, 3.63) is 63.7 Å². The van der Waals surface area contributed by atoms with E-state index < -0.39 is 16.0 Å². The van der Waals surface area contributed by atoms with Gasteiger partial charge in [0.15, 0.2) is 5.65 Å². The van der Waals surface area contributed by atoms with Crippen molar-refractivity contribution in [2.45, 2.75) is 11.8 Å². The normalized spacial score (nSPS) is 11.7. The van der Waals surface area contributed by atoms with Gasteiger partial charge in [0.05, 0.1) is 17.2 Å². The molecule has 7 nitrogen and oxygen atoms in total. The molecule has 0 spiro atoms. The number of thiazole rings is 1. The third-order valence-electron chi connectivity index (χ3n) is 4.11. The number of benzene rings is 1. The number of fused-ring (bicyclic) bond motifs is 1. The number of ether oxygens (including phenoxy) is 1. The van der Waals surface area contributed by atoms with E-state index >= 15 is 0 Å². The topological polar surface area (TPSA) is 91.1 Å². The summed E-state index contributed by atoms with van der Waals surface area (Å²) in [5.41, 5.74) is 1.31. The zero-order valence-corrected chi connectivity index (χ0v) is 18.3. The first-order chi connectivity index (χ1) is 13.9. The van der Waals surface area contributed by atoms with Crippen LogP contribution in [0.5, 0.6) is 0 Å². The first kappa shape index (κ1) is 19.7. The molecule has 1 aromatic carbocycles. The second-order valence-corrected chi connectivity index (χ2v) is 9.53. The van der Waals surface area contributed by atoms with Crippen molar-refractivity contribution in [2.24, 2.45) is 0 Å². The number of pyridine rings is 1. The molecule has 0 amide bonds. The summed E-state index contributed by atoms with van der Waals surface area (Å²) in [5, 5.41) is 2.50. The van der Waals surface area contributed by atoms with Gasteiger partial charge in [0.25, 0.3) is 10.0 Å². The summed E-state index contributed by atoms with van der Waals surface area (Å²) in [7, 11) is -3.86. The molecule has 0 bridgehead atoms. The van der Waals surface area contributed by atoms with Crippen LogP contribution in [-0.4, -0.2) is 34.9 Å². The second-order valence-electron chi connectivity index (χ2n) is 5.94. The van der Waals surface area contributed by atoms with Crippen LogP contribution in [0.3, 0.4) is 0 Å². The Morgan fingerprint density at radius 3 is 2.76 bits per heavy atom. The van der Waals surface area contributed by atoms with Crippen molar-refractivity contribution >= 4 is 54.3 Å². The van der Waals surface area contributed by atoms with Crippen molar-refractivity contribution in [2.75, 3.05) is 6.61 Å². The van der Waals surface area contributed by atoms with Crippen LogP contribution in [-0.2, 0) is 14.8 Å². The Bertz CT molecular complexity index is 1310. The van der Waals surface area contributed by atoms with E-state index in [0.717, 1.165) is 15.3 Å². The molecule has 4 rings (SSSR count). The summed E-state index contributed by atoms with van der Waals surface area (Å²) in [4.78, 5) is 20.8. The molecule has 148 valence electrons. The molecule has 0 N–H and O–H groups in total. The lowest BCUT2D eigenvalue weighted by Gasteiger charge is -2.06. The van der Waals surface area contributed by atoms with E-state index in [1.54, 1.807) is 36.6 Å². The third-order valence-corrected chi connectivity index (χ3v) is 7.03. The maximum absolute atomic E-state index is 13.2. The molecule has 29 heavy (non-hydrogen) atoms. The fourth-order valence-electron chi connectivity index (χ4n) is 2.83. The second kappa shape index (κ2) is 7.69. The molecule has 0 unspecified atom stereocenters. The molecular weight excluding hydrogens is 478 g/mol. The van der Waals surface area contributed by atoms with Gasteiger partial charge in [-0.25, -0.2) is 27.2 Å². The lowest BCUT2D eigenvalue weighted by molar-refractivity contribution is 0.0526. The first-order valence-electron chi connectivity index (χ1n) is 8.52. The quantitative estimate of drug-likeness (QED) is 0.385. The number of esters is 1. The molecule has 3 heterocycles. The summed E-state index contributed by atoms with van der Waals surface area (Å²) in [6.07, 6.45) is 3.02. The lowest BCUT2D eigenvalue weighted by atomic mass is 10.2. The SMILES string of the molecule is CCOC(=O)c1nc(-c2cn(S(=O)(=O)c3ccccc3)c3ncc(Br)cc23)cs1. The number of nitrogens with zero attached hydrogens (tertiary/aromatic N) is 3. The Morgan fingerprint density at radius 2 is 2.03 bits per heavy atom. The summed E-state index contributed by atoms with van der Waals surface area (Å²) in [6.45, 7) is 1.97. The van der Waals surface area contributed by atoms with E-state index in [1.807, 2.05) is 0 Å². The van der Waals surface area contributed by atoms with E-state index in [4.69, 9.17) is 4.74 Å². The monoisotopic (exact) mass is 491 g/mol. The van der Waals surface area contributed by atoms with Crippen LogP contribution < -0.4 is 0 Å². The van der Waals surface area contributed by atoms with Gasteiger partial charge in [-0.05, 0) is 41.1 Å². The van der Waals surface area contributed by atoms with Gasteiger partial charge in [0.1, 0.15) is 0 Å². The molecule has 0 fully saturated rings. The fraction of sp³-hybridized carbons (Fsp3) is 0.105. The van der Waals surface area contributed by atoms with Crippen LogP contribution in [0.15, 0.2) is 63.5 Å². The van der Waals surface area contributed by atoms with Gasteiger partial charge < -0.3 is 4.74 Å². The molecule has 0 saturated carbocycles. The number of rotatable bonds is 5. The molecule has 0 aliphatic carbocycles. The molecule has 0 aliphatic rings. The Kier molecular flexibility index (Phi) is 5.24. The summed E-state index contributed by atoms with van der Waals surface area (Å²) in [5.74, 6) is -0.510. The van der Waals surface area contributed by atoms with Crippen LogP contribution >= 0.6 is 27.3 Å². The average Bonchev–Trinajstić information content (AvgIpc) is 3.33. The molecular formula is C19H14BrN3O4S2. The van der Waals surface area contributed by atoms with E-state index in [1.165, 1.54) is 24.5 Å². The summed E-state index contributed by atoms with van der Waals surface area (Å²) in [6, 6.07) is 9.91. The van der Waals surface area contributed by atoms with Gasteiger partial charge in [-0.15, -0.1) is 11.3 Å². The highest BCUT2D eigenvalue weighted by Crippen LogP contribution is 2.34. The first-order valence-corrected chi connectivity index (χ1v) is 11.6. The average molecular weight is 492 g/mol. The maximum Gasteiger partial charge on any atom is 0.367 e. The molecule has 0 radical (unpaired) electrons. The van der Waals surface area contributed by atoms with E-state index in [0.29, 0.717) is 21.1 Å². The largest absolute Gasteiger partial charge is 0.461 e. The molecule has 3 aromatic heterocycles. The van der Waals surface area contributed by atoms with Crippen molar-refractivity contribution in [1.82, 2.24) is 13.9 Å². The highest BCUT2D eigenvalue weighted by atomic mass is 79.9. The molecule has 0 atom stereocenters. The van der Waals surface area contributed by atoms with Crippen LogP contribution in [0.2, 0.25) is 0 Å². The minimum atomic E-state index is -3.86. The van der Waals surface area contributed by atoms with Crippen molar-refractivity contribution in [3.8, 4) is 11.3 Å². The highest BCUT2D eigenvalue weighted by Gasteiger charge is 2.24. The number of hydrogen-bond acceptors (Lipinski definition) is 7. The Labute approximate surface area is 179 Å². The number of hydrogen-bond donors (Lipinski definition) is 0. The molecule has 10 heteroatoms. The maximum atomic E-state index is 13.2. The van der Waals surface area contributed by atoms with E-state index in [9.17, 15) is 13.2 Å². The predicted octanol–water partition coefficient (Wildman–Crippen LogP) is 4.34. The number of halogens is 1. The number of aromatic nitrogens is 3. The summed E-state index contributed by atoms with van der Waals surface area (Å²) >= 11 is 4.52. The van der Waals surface area contributed by atoms with Gasteiger partial charge in [-0.2, -0.15) is 0 Å².